The molecule has 0 saturated heterocycles. The van der Waals surface area contributed by atoms with Crippen LogP contribution >= 0.6 is 0 Å². The number of aliphatic carboxylic acids is 1. The van der Waals surface area contributed by atoms with Gasteiger partial charge in [-0.15, -0.1) is 0 Å². The molecule has 0 aliphatic heterocycles. The summed E-state index contributed by atoms with van der Waals surface area (Å²) in [6.07, 6.45) is 0.686. The summed E-state index contributed by atoms with van der Waals surface area (Å²) in [6.45, 7) is 3.09. The van der Waals surface area contributed by atoms with Gasteiger partial charge in [0.15, 0.2) is 0 Å². The molecule has 0 heterocycles. The molecular weight excluding hydrogens is 244 g/mol. The van der Waals surface area contributed by atoms with Crippen molar-refractivity contribution in [1.29, 1.82) is 0 Å². The SMILES string of the molecule is CC(=CC(=O)O)OS(=O)(=O)c1ccc(C)cc1. The number of hydrogen-bond donors (Lipinski definition) is 1. The molecule has 0 aromatic heterocycles. The van der Waals surface area contributed by atoms with Gasteiger partial charge in [-0.25, -0.2) is 4.79 Å². The Hall–Kier alpha value is -1.82. The van der Waals surface area contributed by atoms with Crippen molar-refractivity contribution in [3.8, 4) is 0 Å². The maximum atomic E-state index is 11.7. The van der Waals surface area contributed by atoms with Crippen molar-refractivity contribution in [1.82, 2.24) is 0 Å². The third-order valence-corrected chi connectivity index (χ3v) is 3.21. The van der Waals surface area contributed by atoms with Crippen molar-refractivity contribution < 1.29 is 22.5 Å². The van der Waals surface area contributed by atoms with Crippen LogP contribution in [0.4, 0.5) is 0 Å². The summed E-state index contributed by atoms with van der Waals surface area (Å²) in [4.78, 5) is 10.3. The van der Waals surface area contributed by atoms with Crippen molar-refractivity contribution in [2.24, 2.45) is 0 Å². The lowest BCUT2D eigenvalue weighted by molar-refractivity contribution is -0.131. The van der Waals surface area contributed by atoms with Gasteiger partial charge in [-0.3, -0.25) is 0 Å². The van der Waals surface area contributed by atoms with E-state index in [4.69, 9.17) is 5.11 Å². The standard InChI is InChI=1S/C11H12O5S/c1-8-3-5-10(6-4-8)17(14,15)16-9(2)7-11(12)13/h3-7H,1-2H3,(H,12,13). The summed E-state index contributed by atoms with van der Waals surface area (Å²) >= 11 is 0. The number of benzene rings is 1. The zero-order chi connectivity index (χ0) is 13.1. The Bertz CT molecular complexity index is 540. The number of aryl methyl sites for hydroxylation is 1. The fourth-order valence-corrected chi connectivity index (χ4v) is 2.08. The van der Waals surface area contributed by atoms with Gasteiger partial charge >= 0.3 is 16.1 Å². The minimum absolute atomic E-state index is 0.0127. The van der Waals surface area contributed by atoms with Crippen LogP contribution in [-0.4, -0.2) is 19.5 Å². The molecule has 0 aliphatic rings. The minimum atomic E-state index is -3.95. The molecule has 1 aromatic carbocycles. The fourth-order valence-electron chi connectivity index (χ4n) is 1.12. The summed E-state index contributed by atoms with van der Waals surface area (Å²) in [5, 5.41) is 8.44. The monoisotopic (exact) mass is 256 g/mol. The Labute approximate surface area is 99.5 Å². The molecule has 0 aliphatic carbocycles. The number of hydrogen-bond acceptors (Lipinski definition) is 4. The van der Waals surface area contributed by atoms with E-state index in [1.165, 1.54) is 19.1 Å². The third-order valence-electron chi connectivity index (χ3n) is 1.88. The molecule has 1 N–H and O–H groups in total. The van der Waals surface area contributed by atoms with E-state index in [1.54, 1.807) is 12.1 Å². The molecule has 1 rings (SSSR count). The highest BCUT2D eigenvalue weighted by molar-refractivity contribution is 7.86. The molecule has 0 fully saturated rings. The van der Waals surface area contributed by atoms with Gasteiger partial charge in [0.1, 0.15) is 10.7 Å². The van der Waals surface area contributed by atoms with Crippen LogP contribution in [0.2, 0.25) is 0 Å². The molecule has 0 atom stereocenters. The summed E-state index contributed by atoms with van der Waals surface area (Å²) in [5.74, 6) is -1.46. The second-order valence-corrected chi connectivity index (χ2v) is 4.99. The van der Waals surface area contributed by atoms with E-state index in [0.717, 1.165) is 5.56 Å². The van der Waals surface area contributed by atoms with Gasteiger partial charge in [0, 0.05) is 0 Å². The van der Waals surface area contributed by atoms with Gasteiger partial charge in [-0.2, -0.15) is 8.42 Å². The second-order valence-electron chi connectivity index (χ2n) is 3.44. The molecule has 6 heteroatoms. The van der Waals surface area contributed by atoms with E-state index in [1.807, 2.05) is 6.92 Å². The minimum Gasteiger partial charge on any atom is -0.478 e. The number of carboxylic acids is 1. The number of allylic oxidation sites excluding steroid dienone is 1. The Balaban J connectivity index is 2.97. The van der Waals surface area contributed by atoms with Gasteiger partial charge in [0.05, 0.1) is 6.08 Å². The third kappa shape index (κ3) is 3.92. The molecule has 0 saturated carbocycles. The van der Waals surface area contributed by atoms with Crippen LogP contribution in [0.3, 0.4) is 0 Å². The summed E-state index contributed by atoms with van der Waals surface area (Å²) in [6, 6.07) is 6.07. The Morgan fingerprint density at radius 2 is 1.82 bits per heavy atom. The van der Waals surface area contributed by atoms with Crippen molar-refractivity contribution >= 4 is 16.1 Å². The van der Waals surface area contributed by atoms with Crippen molar-refractivity contribution in [3.05, 3.63) is 41.7 Å². The van der Waals surface area contributed by atoms with Gasteiger partial charge in [-0.1, -0.05) is 17.7 Å². The van der Waals surface area contributed by atoms with Gasteiger partial charge in [-0.05, 0) is 26.0 Å². The molecular formula is C11H12O5S. The van der Waals surface area contributed by atoms with Gasteiger partial charge in [0.2, 0.25) is 0 Å². The maximum absolute atomic E-state index is 11.7. The zero-order valence-corrected chi connectivity index (χ0v) is 10.2. The quantitative estimate of drug-likeness (QED) is 0.503. The van der Waals surface area contributed by atoms with Crippen LogP contribution in [0.5, 0.6) is 0 Å². The van der Waals surface area contributed by atoms with Crippen molar-refractivity contribution in [2.45, 2.75) is 18.7 Å². The van der Waals surface area contributed by atoms with Crippen molar-refractivity contribution in [2.75, 3.05) is 0 Å². The van der Waals surface area contributed by atoms with Crippen LogP contribution < -0.4 is 0 Å². The smallest absolute Gasteiger partial charge is 0.338 e. The van der Waals surface area contributed by atoms with Crippen molar-refractivity contribution in [3.63, 3.8) is 0 Å². The predicted molar refractivity (Wildman–Crippen MR) is 60.8 cm³/mol. The van der Waals surface area contributed by atoms with Crippen LogP contribution in [0, 0.1) is 6.92 Å². The fraction of sp³-hybridized carbons (Fsp3) is 0.182. The first-order chi connectivity index (χ1) is 7.81. The Morgan fingerprint density at radius 1 is 1.29 bits per heavy atom. The average Bonchev–Trinajstić information content (AvgIpc) is 2.15. The van der Waals surface area contributed by atoms with E-state index in [9.17, 15) is 13.2 Å². The van der Waals surface area contributed by atoms with E-state index in [2.05, 4.69) is 4.18 Å². The summed E-state index contributed by atoms with van der Waals surface area (Å²) in [5.41, 5.74) is 0.918. The first-order valence-electron chi connectivity index (χ1n) is 4.73. The Morgan fingerprint density at radius 3 is 2.29 bits per heavy atom. The number of rotatable bonds is 4. The van der Waals surface area contributed by atoms with Crippen LogP contribution in [-0.2, 0) is 19.1 Å². The molecule has 5 nitrogen and oxygen atoms in total. The molecule has 1 aromatic rings. The summed E-state index contributed by atoms with van der Waals surface area (Å²) < 4.78 is 28.0. The van der Waals surface area contributed by atoms with E-state index < -0.39 is 16.1 Å². The van der Waals surface area contributed by atoms with E-state index in [0.29, 0.717) is 6.08 Å². The highest BCUT2D eigenvalue weighted by Crippen LogP contribution is 2.16. The van der Waals surface area contributed by atoms with Crippen LogP contribution in [0.25, 0.3) is 0 Å². The number of carboxylic acid groups (broad SMARTS) is 1. The first kappa shape index (κ1) is 13.2. The lowest BCUT2D eigenvalue weighted by Crippen LogP contribution is -2.06. The highest BCUT2D eigenvalue weighted by Gasteiger charge is 2.16. The number of carbonyl (C=O) groups is 1. The molecule has 0 radical (unpaired) electrons. The van der Waals surface area contributed by atoms with Crippen LogP contribution in [0.1, 0.15) is 12.5 Å². The summed E-state index contributed by atoms with van der Waals surface area (Å²) in [7, 11) is -3.95. The molecule has 92 valence electrons. The van der Waals surface area contributed by atoms with Crippen LogP contribution in [0.15, 0.2) is 41.0 Å². The zero-order valence-electron chi connectivity index (χ0n) is 9.38. The van der Waals surface area contributed by atoms with E-state index in [-0.39, 0.29) is 10.7 Å². The van der Waals surface area contributed by atoms with Gasteiger partial charge < -0.3 is 9.29 Å². The maximum Gasteiger partial charge on any atom is 0.338 e. The lowest BCUT2D eigenvalue weighted by atomic mass is 10.2. The highest BCUT2D eigenvalue weighted by atomic mass is 32.2. The topological polar surface area (TPSA) is 80.7 Å². The average molecular weight is 256 g/mol. The molecule has 0 spiro atoms. The first-order valence-corrected chi connectivity index (χ1v) is 6.14. The molecule has 0 unspecified atom stereocenters. The normalized spacial score (nSPS) is 12.2. The molecule has 17 heavy (non-hydrogen) atoms. The largest absolute Gasteiger partial charge is 0.478 e. The molecule has 0 bridgehead atoms. The second kappa shape index (κ2) is 5.01. The predicted octanol–water partition coefficient (Wildman–Crippen LogP) is 1.69. The molecule has 0 amide bonds. The Kier molecular flexibility index (Phi) is 3.90. The van der Waals surface area contributed by atoms with E-state index >= 15 is 0 Å². The van der Waals surface area contributed by atoms with Gasteiger partial charge in [0.25, 0.3) is 0 Å². The lowest BCUT2D eigenvalue weighted by Gasteiger charge is -2.06.